The summed E-state index contributed by atoms with van der Waals surface area (Å²) in [4.78, 5) is 13.3. The van der Waals surface area contributed by atoms with Crippen LogP contribution in [-0.4, -0.2) is 35.9 Å². The Morgan fingerprint density at radius 1 is 1.59 bits per heavy atom. The van der Waals surface area contributed by atoms with Gasteiger partial charge in [-0.1, -0.05) is 0 Å². The molecule has 0 aromatic heterocycles. The molecule has 1 aliphatic rings. The first-order valence-electron chi connectivity index (χ1n) is 5.82. The van der Waals surface area contributed by atoms with E-state index in [2.05, 4.69) is 0 Å². The van der Waals surface area contributed by atoms with Crippen molar-refractivity contribution in [2.24, 2.45) is 5.92 Å². The van der Waals surface area contributed by atoms with Crippen molar-refractivity contribution in [3.05, 3.63) is 0 Å². The fraction of sp³-hybridized carbons (Fsp3) is 0.833. The van der Waals surface area contributed by atoms with E-state index >= 15 is 0 Å². The van der Waals surface area contributed by atoms with Crippen molar-refractivity contribution in [2.45, 2.75) is 45.4 Å². The highest BCUT2D eigenvalue weighted by Gasteiger charge is 2.33. The zero-order valence-corrected chi connectivity index (χ0v) is 10.6. The van der Waals surface area contributed by atoms with Crippen LogP contribution in [0.3, 0.4) is 0 Å². The first-order valence-corrected chi connectivity index (χ1v) is 5.82. The number of alkyl halides is 1. The molecule has 1 saturated heterocycles. The van der Waals surface area contributed by atoms with Gasteiger partial charge in [0.05, 0.1) is 6.07 Å². The smallest absolute Gasteiger partial charge is 0.410 e. The molecule has 2 atom stereocenters. The average molecular weight is 242 g/mol. The maximum atomic E-state index is 13.5. The molecular formula is C12H19FN2O2. The third-order valence-electron chi connectivity index (χ3n) is 2.65. The van der Waals surface area contributed by atoms with Crippen molar-refractivity contribution in [2.75, 3.05) is 13.1 Å². The number of halogens is 1. The number of nitriles is 1. The van der Waals surface area contributed by atoms with Gasteiger partial charge in [0.2, 0.25) is 0 Å². The molecule has 0 unspecified atom stereocenters. The van der Waals surface area contributed by atoms with Crippen molar-refractivity contribution in [1.82, 2.24) is 4.90 Å². The average Bonchev–Trinajstić information content (AvgIpc) is 2.19. The van der Waals surface area contributed by atoms with Crippen LogP contribution in [0.2, 0.25) is 0 Å². The number of rotatable bonds is 1. The minimum atomic E-state index is -0.992. The predicted octanol–water partition coefficient (Wildman–Crippen LogP) is 2.50. The van der Waals surface area contributed by atoms with Gasteiger partial charge in [0, 0.05) is 25.4 Å². The van der Waals surface area contributed by atoms with E-state index in [-0.39, 0.29) is 25.3 Å². The topological polar surface area (TPSA) is 53.3 Å². The van der Waals surface area contributed by atoms with Crippen molar-refractivity contribution in [3.63, 3.8) is 0 Å². The van der Waals surface area contributed by atoms with Gasteiger partial charge >= 0.3 is 6.09 Å². The number of amides is 1. The van der Waals surface area contributed by atoms with E-state index in [4.69, 9.17) is 10.00 Å². The molecule has 0 bridgehead atoms. The minimum Gasteiger partial charge on any atom is -0.444 e. The summed E-state index contributed by atoms with van der Waals surface area (Å²) in [6.45, 7) is 6.00. The summed E-state index contributed by atoms with van der Waals surface area (Å²) >= 11 is 0. The summed E-state index contributed by atoms with van der Waals surface area (Å²) < 4.78 is 18.7. The van der Waals surface area contributed by atoms with E-state index in [0.29, 0.717) is 6.54 Å². The Labute approximate surface area is 101 Å². The first kappa shape index (κ1) is 13.8. The molecule has 0 aromatic carbocycles. The normalized spacial score (nSPS) is 25.2. The van der Waals surface area contributed by atoms with E-state index in [0.717, 1.165) is 0 Å². The number of hydrogen-bond acceptors (Lipinski definition) is 3. The van der Waals surface area contributed by atoms with Gasteiger partial charge in [-0.3, -0.25) is 0 Å². The number of nitrogens with zero attached hydrogens (tertiary/aromatic N) is 2. The Morgan fingerprint density at radius 3 is 2.76 bits per heavy atom. The molecule has 17 heavy (non-hydrogen) atoms. The second kappa shape index (κ2) is 5.35. The number of ether oxygens (including phenoxy) is 1. The van der Waals surface area contributed by atoms with E-state index < -0.39 is 17.9 Å². The lowest BCUT2D eigenvalue weighted by Crippen LogP contribution is -2.46. The molecule has 1 fully saturated rings. The van der Waals surface area contributed by atoms with Crippen molar-refractivity contribution < 1.29 is 13.9 Å². The van der Waals surface area contributed by atoms with Gasteiger partial charge in [-0.2, -0.15) is 5.26 Å². The van der Waals surface area contributed by atoms with Gasteiger partial charge in [-0.25, -0.2) is 9.18 Å². The van der Waals surface area contributed by atoms with E-state index in [1.54, 1.807) is 20.8 Å². The van der Waals surface area contributed by atoms with Gasteiger partial charge in [-0.05, 0) is 27.2 Å². The van der Waals surface area contributed by atoms with Gasteiger partial charge in [0.25, 0.3) is 0 Å². The van der Waals surface area contributed by atoms with E-state index in [1.165, 1.54) is 4.90 Å². The molecule has 96 valence electrons. The largest absolute Gasteiger partial charge is 0.444 e. The number of carbonyl (C=O) groups is 1. The maximum absolute atomic E-state index is 13.5. The fourth-order valence-electron chi connectivity index (χ4n) is 1.81. The fourth-order valence-corrected chi connectivity index (χ4v) is 1.81. The van der Waals surface area contributed by atoms with E-state index in [9.17, 15) is 9.18 Å². The summed E-state index contributed by atoms with van der Waals surface area (Å²) in [5.74, 6) is -0.388. The molecular weight excluding hydrogens is 223 g/mol. The van der Waals surface area contributed by atoms with Crippen LogP contribution in [0, 0.1) is 17.2 Å². The van der Waals surface area contributed by atoms with Gasteiger partial charge < -0.3 is 9.64 Å². The highest BCUT2D eigenvalue weighted by atomic mass is 19.1. The zero-order valence-electron chi connectivity index (χ0n) is 10.6. The van der Waals surface area contributed by atoms with Crippen molar-refractivity contribution in [1.29, 1.82) is 5.26 Å². The van der Waals surface area contributed by atoms with Crippen LogP contribution in [-0.2, 0) is 4.74 Å². The van der Waals surface area contributed by atoms with Crippen molar-refractivity contribution >= 4 is 6.09 Å². The standard InChI is InChI=1S/C12H19FN2O2/c1-12(2,3)17-11(16)15-7-5-10(13)9(8-15)4-6-14/h9-10H,4-5,7-8H2,1-3H3/t9-,10+/m0/s1. The summed E-state index contributed by atoms with van der Waals surface area (Å²) in [7, 11) is 0. The second-order valence-corrected chi connectivity index (χ2v) is 5.35. The summed E-state index contributed by atoms with van der Waals surface area (Å²) in [5.41, 5.74) is -0.547. The monoisotopic (exact) mass is 242 g/mol. The van der Waals surface area contributed by atoms with Crippen molar-refractivity contribution in [3.8, 4) is 6.07 Å². The number of carbonyl (C=O) groups excluding carboxylic acids is 1. The SMILES string of the molecule is CC(C)(C)OC(=O)N1CC[C@@H](F)[C@@H](CC#N)C1. The lowest BCUT2D eigenvalue weighted by molar-refractivity contribution is 0.00719. The number of piperidine rings is 1. The molecule has 1 amide bonds. The summed E-state index contributed by atoms with van der Waals surface area (Å²) in [6.07, 6.45) is -0.993. The van der Waals surface area contributed by atoms with Crippen LogP contribution >= 0.6 is 0 Å². The highest BCUT2D eigenvalue weighted by Crippen LogP contribution is 2.24. The highest BCUT2D eigenvalue weighted by molar-refractivity contribution is 5.68. The quantitative estimate of drug-likeness (QED) is 0.709. The Kier molecular flexibility index (Phi) is 4.33. The zero-order chi connectivity index (χ0) is 13.1. The minimum absolute atomic E-state index is 0.139. The molecule has 0 aliphatic carbocycles. The molecule has 0 saturated carbocycles. The Balaban J connectivity index is 2.56. The summed E-state index contributed by atoms with van der Waals surface area (Å²) in [6, 6.07) is 1.96. The Hall–Kier alpha value is -1.31. The third-order valence-corrected chi connectivity index (χ3v) is 2.65. The first-order chi connectivity index (χ1) is 7.83. The third kappa shape index (κ3) is 4.22. The molecule has 1 aliphatic heterocycles. The molecule has 0 aromatic rings. The van der Waals surface area contributed by atoms with Crippen LogP contribution in [0.15, 0.2) is 0 Å². The Bertz CT molecular complexity index is 319. The van der Waals surface area contributed by atoms with Crippen LogP contribution in [0.4, 0.5) is 9.18 Å². The van der Waals surface area contributed by atoms with Gasteiger partial charge in [-0.15, -0.1) is 0 Å². The maximum Gasteiger partial charge on any atom is 0.410 e. The lowest BCUT2D eigenvalue weighted by Gasteiger charge is -2.35. The van der Waals surface area contributed by atoms with Crippen LogP contribution < -0.4 is 0 Å². The molecule has 1 rings (SSSR count). The molecule has 1 heterocycles. The molecule has 4 nitrogen and oxygen atoms in total. The lowest BCUT2D eigenvalue weighted by atomic mass is 9.94. The van der Waals surface area contributed by atoms with E-state index in [1.807, 2.05) is 6.07 Å². The van der Waals surface area contributed by atoms with Crippen LogP contribution in [0.1, 0.15) is 33.6 Å². The second-order valence-electron chi connectivity index (χ2n) is 5.35. The number of likely N-dealkylation sites (tertiary alicyclic amines) is 1. The molecule has 0 radical (unpaired) electrons. The molecule has 0 N–H and O–H groups in total. The number of hydrogen-bond donors (Lipinski definition) is 0. The molecule has 5 heteroatoms. The summed E-state index contributed by atoms with van der Waals surface area (Å²) in [5, 5.41) is 8.60. The van der Waals surface area contributed by atoms with Crippen LogP contribution in [0.5, 0.6) is 0 Å². The predicted molar refractivity (Wildman–Crippen MR) is 61.0 cm³/mol. The van der Waals surface area contributed by atoms with Gasteiger partial charge in [0.15, 0.2) is 0 Å². The van der Waals surface area contributed by atoms with Crippen LogP contribution in [0.25, 0.3) is 0 Å². The molecule has 0 spiro atoms. The Morgan fingerprint density at radius 2 is 2.24 bits per heavy atom. The van der Waals surface area contributed by atoms with Gasteiger partial charge in [0.1, 0.15) is 11.8 Å².